The predicted molar refractivity (Wildman–Crippen MR) is 142 cm³/mol. The Bertz CT molecular complexity index is 1870. The first-order chi connectivity index (χ1) is 18.6. The van der Waals surface area contributed by atoms with E-state index in [9.17, 15) is 9.90 Å². The van der Waals surface area contributed by atoms with Crippen LogP contribution >= 0.6 is 0 Å². The highest BCUT2D eigenvalue weighted by molar-refractivity contribution is 6.16. The van der Waals surface area contributed by atoms with Crippen molar-refractivity contribution in [3.63, 3.8) is 0 Å². The van der Waals surface area contributed by atoms with Crippen LogP contribution in [-0.2, 0) is 0 Å². The van der Waals surface area contributed by atoms with Gasteiger partial charge in [0.2, 0.25) is 0 Å². The number of azo groups is 1. The van der Waals surface area contributed by atoms with Crippen LogP contribution in [0.3, 0.4) is 0 Å². The van der Waals surface area contributed by atoms with Crippen LogP contribution in [0.2, 0.25) is 0 Å². The smallest absolute Gasteiger partial charge is 0.324 e. The third-order valence-electron chi connectivity index (χ3n) is 5.82. The van der Waals surface area contributed by atoms with Crippen molar-refractivity contribution in [2.45, 2.75) is 0 Å². The molecule has 10 nitrogen and oxygen atoms in total. The van der Waals surface area contributed by atoms with Crippen molar-refractivity contribution >= 4 is 50.7 Å². The van der Waals surface area contributed by atoms with Crippen molar-refractivity contribution in [1.82, 2.24) is 14.8 Å². The molecule has 0 fully saturated rings. The second-order valence-corrected chi connectivity index (χ2v) is 8.20. The molecular weight excluding hydrogens is 482 g/mol. The van der Waals surface area contributed by atoms with E-state index in [1.807, 2.05) is 24.3 Å². The number of phenolic OH excluding ortho intramolecular Hbond substituents is 1. The van der Waals surface area contributed by atoms with Crippen molar-refractivity contribution in [1.29, 1.82) is 0 Å². The fourth-order valence-electron chi connectivity index (χ4n) is 4.04. The molecule has 4 aromatic carbocycles. The number of amides is 1. The molecule has 6 rings (SSSR count). The summed E-state index contributed by atoms with van der Waals surface area (Å²) in [5, 5.41) is 27.8. The largest absolute Gasteiger partial charge is 0.505 e. The van der Waals surface area contributed by atoms with Crippen LogP contribution in [0.4, 0.5) is 22.9 Å². The van der Waals surface area contributed by atoms with Gasteiger partial charge in [-0.25, -0.2) is 4.85 Å². The van der Waals surface area contributed by atoms with Crippen molar-refractivity contribution < 1.29 is 14.3 Å². The van der Waals surface area contributed by atoms with Gasteiger partial charge in [0.25, 0.3) is 11.6 Å². The Labute approximate surface area is 215 Å². The zero-order valence-corrected chi connectivity index (χ0v) is 19.6. The average Bonchev–Trinajstić information content (AvgIpc) is 3.56. The number of hydrogen-bond acceptors (Lipinski definition) is 7. The van der Waals surface area contributed by atoms with E-state index in [-0.39, 0.29) is 34.5 Å². The molecule has 2 heterocycles. The lowest BCUT2D eigenvalue weighted by molar-refractivity contribution is 0.102. The lowest BCUT2D eigenvalue weighted by Gasteiger charge is -2.12. The van der Waals surface area contributed by atoms with Crippen LogP contribution < -0.4 is 5.32 Å². The van der Waals surface area contributed by atoms with Gasteiger partial charge in [-0.15, -0.1) is 10.2 Å². The molecule has 10 heteroatoms. The van der Waals surface area contributed by atoms with Gasteiger partial charge in [0.15, 0.2) is 17.2 Å². The standard InChI is InChI=1S/C28H17N7O3/c1-29-22-16-30-35(28-32-20-13-7-8-14-23(20)38-28)26(22)34-33-21-15-17-9-5-6-12-19(17)24(25(21)36)27(37)31-18-10-3-2-4-11-18/h2-16,36H,(H,31,37). The van der Waals surface area contributed by atoms with Crippen LogP contribution in [0.1, 0.15) is 10.4 Å². The number of aromatic hydroxyl groups is 1. The molecule has 0 spiro atoms. The maximum absolute atomic E-state index is 13.2. The highest BCUT2D eigenvalue weighted by Gasteiger charge is 2.21. The number of carbonyl (C=O) groups is 1. The first-order valence-corrected chi connectivity index (χ1v) is 11.5. The minimum Gasteiger partial charge on any atom is -0.505 e. The molecule has 1 amide bonds. The number of oxazole rings is 1. The molecular formula is C28H17N7O3. The third-order valence-corrected chi connectivity index (χ3v) is 5.82. The number of para-hydroxylation sites is 3. The van der Waals surface area contributed by atoms with Crippen molar-refractivity contribution in [2.24, 2.45) is 10.2 Å². The number of rotatable bonds is 5. The molecule has 2 aromatic heterocycles. The zero-order valence-electron chi connectivity index (χ0n) is 19.6. The number of anilines is 1. The number of carbonyl (C=O) groups excluding carboxylic acids is 1. The summed E-state index contributed by atoms with van der Waals surface area (Å²) in [6.07, 6.45) is 1.33. The van der Waals surface area contributed by atoms with E-state index >= 15 is 0 Å². The van der Waals surface area contributed by atoms with E-state index in [4.69, 9.17) is 11.0 Å². The number of nitrogens with one attached hydrogen (secondary N) is 1. The maximum atomic E-state index is 13.2. The van der Waals surface area contributed by atoms with Crippen LogP contribution in [0.25, 0.3) is 32.7 Å². The lowest BCUT2D eigenvalue weighted by Crippen LogP contribution is -2.12. The van der Waals surface area contributed by atoms with Gasteiger partial charge in [-0.1, -0.05) is 54.6 Å². The average molecular weight is 499 g/mol. The number of fused-ring (bicyclic) bond motifs is 2. The Kier molecular flexibility index (Phi) is 5.56. The van der Waals surface area contributed by atoms with Gasteiger partial charge in [0.1, 0.15) is 11.2 Å². The summed E-state index contributed by atoms with van der Waals surface area (Å²) in [5.74, 6) is -0.784. The minimum absolute atomic E-state index is 0.0446. The van der Waals surface area contributed by atoms with Gasteiger partial charge in [0, 0.05) is 5.69 Å². The zero-order chi connectivity index (χ0) is 26.1. The summed E-state index contributed by atoms with van der Waals surface area (Å²) in [5.41, 5.74) is 1.95. The molecule has 0 unspecified atom stereocenters. The van der Waals surface area contributed by atoms with Crippen molar-refractivity contribution in [3.05, 3.63) is 108 Å². The summed E-state index contributed by atoms with van der Waals surface area (Å²) in [6, 6.07) is 25.0. The molecule has 2 N–H and O–H groups in total. The predicted octanol–water partition coefficient (Wildman–Crippen LogP) is 7.09. The third kappa shape index (κ3) is 4.00. The van der Waals surface area contributed by atoms with Gasteiger partial charge in [-0.2, -0.15) is 14.8 Å². The summed E-state index contributed by atoms with van der Waals surface area (Å²) >= 11 is 0. The SMILES string of the molecule is [C-]#[N+]c1cnn(-c2nc3ccccc3o2)c1N=Nc1cc2ccccc2c(C(=O)Nc2ccccc2)c1O. The van der Waals surface area contributed by atoms with E-state index in [1.54, 1.807) is 60.7 Å². The Hall–Kier alpha value is -5.82. The summed E-state index contributed by atoms with van der Waals surface area (Å²) in [4.78, 5) is 21.1. The van der Waals surface area contributed by atoms with Gasteiger partial charge < -0.3 is 14.8 Å². The van der Waals surface area contributed by atoms with E-state index in [1.165, 1.54) is 10.9 Å². The highest BCUT2D eigenvalue weighted by atomic mass is 16.4. The minimum atomic E-state index is -0.500. The van der Waals surface area contributed by atoms with Gasteiger partial charge in [-0.3, -0.25) is 4.79 Å². The summed E-state index contributed by atoms with van der Waals surface area (Å²) in [7, 11) is 0. The molecule has 0 aliphatic rings. The summed E-state index contributed by atoms with van der Waals surface area (Å²) < 4.78 is 7.04. The van der Waals surface area contributed by atoms with Gasteiger partial charge in [-0.05, 0) is 41.1 Å². The number of nitrogens with zero attached hydrogens (tertiary/aromatic N) is 6. The first kappa shape index (κ1) is 22.6. The van der Waals surface area contributed by atoms with Crippen LogP contribution in [0.5, 0.6) is 5.75 Å². The molecule has 38 heavy (non-hydrogen) atoms. The monoisotopic (exact) mass is 499 g/mol. The van der Waals surface area contributed by atoms with Gasteiger partial charge >= 0.3 is 6.01 Å². The molecule has 0 radical (unpaired) electrons. The highest BCUT2D eigenvalue weighted by Crippen LogP contribution is 2.39. The fourth-order valence-corrected chi connectivity index (χ4v) is 4.04. The molecule has 0 aliphatic carbocycles. The van der Waals surface area contributed by atoms with Crippen LogP contribution in [0, 0.1) is 6.57 Å². The normalized spacial score (nSPS) is 11.2. The number of hydrogen-bond donors (Lipinski definition) is 2. The quantitative estimate of drug-likeness (QED) is 0.194. The lowest BCUT2D eigenvalue weighted by atomic mass is 10.0. The Morgan fingerprint density at radius 1 is 1.00 bits per heavy atom. The van der Waals surface area contributed by atoms with Crippen molar-refractivity contribution in [2.75, 3.05) is 5.32 Å². The second kappa shape index (κ2) is 9.33. The Morgan fingerprint density at radius 3 is 2.58 bits per heavy atom. The summed E-state index contributed by atoms with van der Waals surface area (Å²) in [6.45, 7) is 7.51. The van der Waals surface area contributed by atoms with Crippen LogP contribution in [-0.4, -0.2) is 25.8 Å². The molecule has 0 saturated heterocycles. The van der Waals surface area contributed by atoms with E-state index in [0.717, 1.165) is 0 Å². The van der Waals surface area contributed by atoms with Crippen LogP contribution in [0.15, 0.2) is 106 Å². The Morgan fingerprint density at radius 2 is 1.76 bits per heavy atom. The van der Waals surface area contributed by atoms with E-state index < -0.39 is 5.91 Å². The van der Waals surface area contributed by atoms with E-state index in [0.29, 0.717) is 27.6 Å². The second-order valence-electron chi connectivity index (χ2n) is 8.20. The molecule has 6 aromatic rings. The molecule has 0 saturated carbocycles. The molecule has 182 valence electrons. The molecule has 0 aliphatic heterocycles. The first-order valence-electron chi connectivity index (χ1n) is 11.5. The Balaban J connectivity index is 1.44. The molecule has 0 atom stereocenters. The number of phenols is 1. The fraction of sp³-hybridized carbons (Fsp3) is 0. The van der Waals surface area contributed by atoms with Crippen molar-refractivity contribution in [3.8, 4) is 11.8 Å². The topological polar surface area (TPSA) is 122 Å². The number of aromatic nitrogens is 3. The van der Waals surface area contributed by atoms with E-state index in [2.05, 4.69) is 30.5 Å². The molecule has 0 bridgehead atoms. The number of benzene rings is 4. The van der Waals surface area contributed by atoms with Gasteiger partial charge in [0.05, 0.1) is 18.3 Å². The maximum Gasteiger partial charge on any atom is 0.324 e.